The molecule has 112 valence electrons. The smallest absolute Gasteiger partial charge is 0.287 e. The lowest BCUT2D eigenvalue weighted by Gasteiger charge is -2.08. The first-order valence-corrected chi connectivity index (χ1v) is 6.82. The van der Waals surface area contributed by atoms with Crippen LogP contribution in [0, 0.1) is 0 Å². The Hall–Kier alpha value is -2.50. The van der Waals surface area contributed by atoms with Gasteiger partial charge in [0.25, 0.3) is 5.91 Å². The number of carbonyl (C=O) groups is 2. The molecule has 0 bridgehead atoms. The molecule has 0 radical (unpaired) electrons. The first kappa shape index (κ1) is 14.9. The summed E-state index contributed by atoms with van der Waals surface area (Å²) >= 11 is 0. The lowest BCUT2D eigenvalue weighted by Crippen LogP contribution is -2.34. The summed E-state index contributed by atoms with van der Waals surface area (Å²) < 4.78 is 5.44. The third-order valence-electron chi connectivity index (χ3n) is 2.85. The molecule has 0 saturated carbocycles. The molecule has 1 aromatic heterocycles. The van der Waals surface area contributed by atoms with Crippen molar-refractivity contribution >= 4 is 28.5 Å². The number of hydrogen-bond donors (Lipinski definition) is 3. The van der Waals surface area contributed by atoms with Crippen LogP contribution in [0.1, 0.15) is 30.8 Å². The zero-order valence-electron chi connectivity index (χ0n) is 12.1. The van der Waals surface area contributed by atoms with Crippen LogP contribution >= 0.6 is 0 Å². The summed E-state index contributed by atoms with van der Waals surface area (Å²) in [5, 5.41) is 6.19. The quantitative estimate of drug-likeness (QED) is 0.729. The Morgan fingerprint density at radius 2 is 2.05 bits per heavy atom. The van der Waals surface area contributed by atoms with Crippen LogP contribution in [-0.2, 0) is 4.79 Å². The van der Waals surface area contributed by atoms with E-state index in [2.05, 4.69) is 10.6 Å². The molecule has 0 atom stereocenters. The molecular weight excluding hydrogens is 270 g/mol. The summed E-state index contributed by atoms with van der Waals surface area (Å²) in [5.41, 5.74) is 6.89. The van der Waals surface area contributed by atoms with Crippen LogP contribution in [0.3, 0.4) is 0 Å². The minimum atomic E-state index is -0.345. The van der Waals surface area contributed by atoms with Gasteiger partial charge in [0, 0.05) is 30.1 Å². The number of benzene rings is 1. The van der Waals surface area contributed by atoms with Crippen LogP contribution in [0.15, 0.2) is 28.7 Å². The molecule has 2 aromatic rings. The van der Waals surface area contributed by atoms with E-state index in [1.165, 1.54) is 0 Å². The van der Waals surface area contributed by atoms with Gasteiger partial charge in [-0.05, 0) is 38.1 Å². The average Bonchev–Trinajstić information content (AvgIpc) is 2.80. The molecule has 6 nitrogen and oxygen atoms in total. The SMILES string of the molecule is CC(C)NC(=O)CCNC(=O)c1cc2cc(N)ccc2o1. The second-order valence-corrected chi connectivity index (χ2v) is 5.14. The highest BCUT2D eigenvalue weighted by Crippen LogP contribution is 2.21. The molecule has 0 aliphatic heterocycles. The second-order valence-electron chi connectivity index (χ2n) is 5.14. The molecule has 0 unspecified atom stereocenters. The molecule has 1 heterocycles. The standard InChI is InChI=1S/C15H19N3O3/c1-9(2)18-14(19)5-6-17-15(20)13-8-10-7-11(16)3-4-12(10)21-13/h3-4,7-9H,5-6,16H2,1-2H3,(H,17,20)(H,18,19). The summed E-state index contributed by atoms with van der Waals surface area (Å²) in [6.45, 7) is 4.03. The molecular formula is C15H19N3O3. The van der Waals surface area contributed by atoms with Crippen LogP contribution in [0.25, 0.3) is 11.0 Å². The van der Waals surface area contributed by atoms with Gasteiger partial charge in [-0.15, -0.1) is 0 Å². The highest BCUT2D eigenvalue weighted by Gasteiger charge is 2.12. The fraction of sp³-hybridized carbons (Fsp3) is 0.333. The average molecular weight is 289 g/mol. The maximum Gasteiger partial charge on any atom is 0.287 e. The largest absolute Gasteiger partial charge is 0.451 e. The van der Waals surface area contributed by atoms with E-state index in [-0.39, 0.29) is 36.6 Å². The van der Waals surface area contributed by atoms with Crippen molar-refractivity contribution in [3.63, 3.8) is 0 Å². The Morgan fingerprint density at radius 1 is 1.29 bits per heavy atom. The molecule has 0 saturated heterocycles. The van der Waals surface area contributed by atoms with Gasteiger partial charge in [-0.2, -0.15) is 0 Å². The number of carbonyl (C=O) groups excluding carboxylic acids is 2. The third kappa shape index (κ3) is 3.98. The zero-order chi connectivity index (χ0) is 15.4. The molecule has 0 fully saturated rings. The van der Waals surface area contributed by atoms with Gasteiger partial charge in [-0.1, -0.05) is 0 Å². The van der Waals surface area contributed by atoms with Crippen LogP contribution in [0.2, 0.25) is 0 Å². The van der Waals surface area contributed by atoms with Gasteiger partial charge < -0.3 is 20.8 Å². The molecule has 2 amide bonds. The van der Waals surface area contributed by atoms with Gasteiger partial charge in [0.15, 0.2) is 5.76 Å². The highest BCUT2D eigenvalue weighted by atomic mass is 16.3. The van der Waals surface area contributed by atoms with Crippen molar-refractivity contribution in [1.82, 2.24) is 10.6 Å². The Bertz CT molecular complexity index is 661. The molecule has 2 rings (SSSR count). The fourth-order valence-corrected chi connectivity index (χ4v) is 1.94. The summed E-state index contributed by atoms with van der Waals surface area (Å²) in [6.07, 6.45) is 0.233. The Kier molecular flexibility index (Phi) is 4.47. The number of nitrogen functional groups attached to an aromatic ring is 1. The molecule has 4 N–H and O–H groups in total. The van der Waals surface area contributed by atoms with Gasteiger partial charge >= 0.3 is 0 Å². The van der Waals surface area contributed by atoms with Gasteiger partial charge in [0.2, 0.25) is 5.91 Å². The van der Waals surface area contributed by atoms with E-state index in [9.17, 15) is 9.59 Å². The van der Waals surface area contributed by atoms with Crippen molar-refractivity contribution in [1.29, 1.82) is 0 Å². The van der Waals surface area contributed by atoms with Crippen molar-refractivity contribution < 1.29 is 14.0 Å². The van der Waals surface area contributed by atoms with E-state index < -0.39 is 0 Å². The summed E-state index contributed by atoms with van der Waals surface area (Å²) in [7, 11) is 0. The van der Waals surface area contributed by atoms with Gasteiger partial charge in [-0.25, -0.2) is 0 Å². The Morgan fingerprint density at radius 3 is 2.76 bits per heavy atom. The number of rotatable bonds is 5. The van der Waals surface area contributed by atoms with Gasteiger partial charge in [0.1, 0.15) is 5.58 Å². The maximum atomic E-state index is 11.9. The van der Waals surface area contributed by atoms with Crippen LogP contribution in [0.5, 0.6) is 0 Å². The number of anilines is 1. The highest BCUT2D eigenvalue weighted by molar-refractivity contribution is 5.96. The van der Waals surface area contributed by atoms with Crippen LogP contribution in [-0.4, -0.2) is 24.4 Å². The fourth-order valence-electron chi connectivity index (χ4n) is 1.94. The van der Waals surface area contributed by atoms with E-state index in [4.69, 9.17) is 10.2 Å². The van der Waals surface area contributed by atoms with E-state index in [0.717, 1.165) is 5.39 Å². The maximum absolute atomic E-state index is 11.9. The molecule has 0 aliphatic carbocycles. The Labute approximate surface area is 122 Å². The molecule has 1 aromatic carbocycles. The van der Waals surface area contributed by atoms with E-state index >= 15 is 0 Å². The first-order valence-electron chi connectivity index (χ1n) is 6.82. The lowest BCUT2D eigenvalue weighted by atomic mass is 10.2. The zero-order valence-corrected chi connectivity index (χ0v) is 12.1. The van der Waals surface area contributed by atoms with Gasteiger partial charge in [-0.3, -0.25) is 9.59 Å². The van der Waals surface area contributed by atoms with Crippen LogP contribution < -0.4 is 16.4 Å². The van der Waals surface area contributed by atoms with E-state index in [0.29, 0.717) is 11.3 Å². The molecule has 0 spiro atoms. The van der Waals surface area contributed by atoms with Crippen molar-refractivity contribution in [2.24, 2.45) is 0 Å². The van der Waals surface area contributed by atoms with Gasteiger partial charge in [0.05, 0.1) is 0 Å². The van der Waals surface area contributed by atoms with Crippen molar-refractivity contribution in [2.75, 3.05) is 12.3 Å². The predicted octanol–water partition coefficient (Wildman–Crippen LogP) is 1.66. The number of hydrogen-bond acceptors (Lipinski definition) is 4. The lowest BCUT2D eigenvalue weighted by molar-refractivity contribution is -0.121. The van der Waals surface area contributed by atoms with Crippen LogP contribution in [0.4, 0.5) is 5.69 Å². The minimum Gasteiger partial charge on any atom is -0.451 e. The van der Waals surface area contributed by atoms with Crippen molar-refractivity contribution in [2.45, 2.75) is 26.3 Å². The first-order chi connectivity index (χ1) is 9.95. The molecule has 0 aliphatic rings. The van der Waals surface area contributed by atoms with Crippen molar-refractivity contribution in [3.8, 4) is 0 Å². The van der Waals surface area contributed by atoms with E-state index in [1.807, 2.05) is 13.8 Å². The second kappa shape index (κ2) is 6.30. The summed E-state index contributed by atoms with van der Waals surface area (Å²) in [5.74, 6) is -0.232. The predicted molar refractivity (Wildman–Crippen MR) is 80.9 cm³/mol. The Balaban J connectivity index is 1.91. The number of nitrogens with one attached hydrogen (secondary N) is 2. The third-order valence-corrected chi connectivity index (χ3v) is 2.85. The molecule has 21 heavy (non-hydrogen) atoms. The number of amides is 2. The summed E-state index contributed by atoms with van der Waals surface area (Å²) in [6, 6.07) is 6.90. The normalized spacial score (nSPS) is 10.8. The number of fused-ring (bicyclic) bond motifs is 1. The minimum absolute atomic E-state index is 0.0917. The van der Waals surface area contributed by atoms with E-state index in [1.54, 1.807) is 24.3 Å². The van der Waals surface area contributed by atoms with Crippen molar-refractivity contribution in [3.05, 3.63) is 30.0 Å². The number of nitrogens with two attached hydrogens (primary N) is 1. The molecule has 6 heteroatoms. The monoisotopic (exact) mass is 289 g/mol. The topological polar surface area (TPSA) is 97.4 Å². The summed E-state index contributed by atoms with van der Waals surface area (Å²) in [4.78, 5) is 23.4. The number of furan rings is 1.